The molecule has 0 aliphatic heterocycles. The standard InChI is InChI=1S/C22H40N4O4/c1-14(2)10-17(12-20(29)19(11-15(3)4)25-16(5)28)22(30)26-18(13-27)8-6-7-9-21(23)24/h13-15,17-19H,6-12H2,1-5H3,(H3,23,24)(H,25,28)(H,26,30)/p+1/t17-,18+,19+/m1/s1. The molecule has 0 unspecified atom stereocenters. The van der Waals surface area contributed by atoms with Crippen molar-refractivity contribution in [2.45, 2.75) is 91.6 Å². The van der Waals surface area contributed by atoms with Crippen LogP contribution in [-0.2, 0) is 19.2 Å². The first-order valence-electron chi connectivity index (χ1n) is 10.9. The molecule has 0 spiro atoms. The number of nitrogens with one attached hydrogen (secondary N) is 2. The quantitative estimate of drug-likeness (QED) is 0.123. The van der Waals surface area contributed by atoms with Crippen molar-refractivity contribution in [1.82, 2.24) is 10.6 Å². The summed E-state index contributed by atoms with van der Waals surface area (Å²) in [5.41, 5.74) is 5.44. The number of carbonyl (C=O) groups excluding carboxylic acids is 4. The first-order valence-corrected chi connectivity index (χ1v) is 10.9. The minimum Gasteiger partial charge on any atom is -0.347 e. The molecule has 0 aromatic heterocycles. The summed E-state index contributed by atoms with van der Waals surface area (Å²) in [6, 6.07) is -1.21. The molecular formula is C22H41N4O4+. The summed E-state index contributed by atoms with van der Waals surface area (Å²) in [6.07, 6.45) is 4.31. The maximum atomic E-state index is 12.9. The molecule has 6 N–H and O–H groups in total. The normalized spacial score (nSPS) is 14.1. The number of nitrogens with two attached hydrogens (primary N) is 2. The van der Waals surface area contributed by atoms with E-state index < -0.39 is 18.0 Å². The van der Waals surface area contributed by atoms with Crippen LogP contribution in [0, 0.1) is 17.8 Å². The number of ketones is 1. The molecule has 0 aromatic carbocycles. The Hall–Kier alpha value is -2.25. The molecule has 3 atom stereocenters. The van der Waals surface area contributed by atoms with Crippen molar-refractivity contribution in [3.63, 3.8) is 0 Å². The maximum Gasteiger partial charge on any atom is 0.238 e. The Morgan fingerprint density at radius 3 is 2.07 bits per heavy atom. The number of unbranched alkanes of at least 4 members (excludes halogenated alkanes) is 1. The predicted octanol–water partition coefficient (Wildman–Crippen LogP) is 0.519. The van der Waals surface area contributed by atoms with Crippen LogP contribution in [-0.4, -0.2) is 41.8 Å². The van der Waals surface area contributed by atoms with Gasteiger partial charge in [0.05, 0.1) is 12.1 Å². The van der Waals surface area contributed by atoms with Crippen molar-refractivity contribution in [2.24, 2.45) is 23.5 Å². The molecule has 8 nitrogen and oxygen atoms in total. The van der Waals surface area contributed by atoms with Crippen LogP contribution in [0.4, 0.5) is 0 Å². The minimum absolute atomic E-state index is 0.0337. The lowest BCUT2D eigenvalue weighted by Gasteiger charge is -2.24. The third-order valence-electron chi connectivity index (χ3n) is 4.77. The van der Waals surface area contributed by atoms with Gasteiger partial charge in [-0.2, -0.15) is 0 Å². The highest BCUT2D eigenvalue weighted by molar-refractivity contribution is 5.92. The fourth-order valence-electron chi connectivity index (χ4n) is 3.39. The van der Waals surface area contributed by atoms with Gasteiger partial charge in [0.15, 0.2) is 5.78 Å². The average molecular weight is 426 g/mol. The zero-order valence-corrected chi connectivity index (χ0v) is 19.2. The van der Waals surface area contributed by atoms with Crippen molar-refractivity contribution in [3.05, 3.63) is 0 Å². The average Bonchev–Trinajstić information content (AvgIpc) is 2.61. The smallest absolute Gasteiger partial charge is 0.238 e. The molecule has 0 aromatic rings. The predicted molar refractivity (Wildman–Crippen MR) is 117 cm³/mol. The lowest BCUT2D eigenvalue weighted by molar-refractivity contribution is -0.133. The highest BCUT2D eigenvalue weighted by atomic mass is 16.2. The zero-order chi connectivity index (χ0) is 23.3. The summed E-state index contributed by atoms with van der Waals surface area (Å²) in [6.45, 7) is 9.30. The molecule has 172 valence electrons. The number of aldehydes is 1. The van der Waals surface area contributed by atoms with Crippen LogP contribution in [0.1, 0.15) is 79.6 Å². The molecule has 0 fully saturated rings. The molecule has 0 bridgehead atoms. The van der Waals surface area contributed by atoms with Crippen molar-refractivity contribution in [2.75, 3.05) is 0 Å². The van der Waals surface area contributed by atoms with E-state index in [-0.39, 0.29) is 35.9 Å². The highest BCUT2D eigenvalue weighted by Crippen LogP contribution is 2.19. The van der Waals surface area contributed by atoms with Crippen molar-refractivity contribution < 1.29 is 24.6 Å². The van der Waals surface area contributed by atoms with E-state index in [1.54, 1.807) is 0 Å². The van der Waals surface area contributed by atoms with Gasteiger partial charge in [0.1, 0.15) is 6.29 Å². The third kappa shape index (κ3) is 13.1. The van der Waals surface area contributed by atoms with Gasteiger partial charge in [0, 0.05) is 25.7 Å². The summed E-state index contributed by atoms with van der Waals surface area (Å²) in [5.74, 6) is -0.488. The zero-order valence-electron chi connectivity index (χ0n) is 19.2. The van der Waals surface area contributed by atoms with Crippen LogP contribution in [0.25, 0.3) is 0 Å². The topological polar surface area (TPSA) is 144 Å². The van der Waals surface area contributed by atoms with Gasteiger partial charge in [0.2, 0.25) is 17.6 Å². The van der Waals surface area contributed by atoms with Gasteiger partial charge in [-0.3, -0.25) is 25.5 Å². The summed E-state index contributed by atoms with van der Waals surface area (Å²) >= 11 is 0. The molecule has 0 heterocycles. The second-order valence-electron chi connectivity index (χ2n) is 8.95. The Labute approximate surface area is 180 Å². The summed E-state index contributed by atoms with van der Waals surface area (Å²) in [4.78, 5) is 48.6. The van der Waals surface area contributed by atoms with Crippen LogP contribution in [0.3, 0.4) is 0 Å². The van der Waals surface area contributed by atoms with E-state index in [0.29, 0.717) is 37.9 Å². The minimum atomic E-state index is -0.608. The molecular weight excluding hydrogens is 384 g/mol. The van der Waals surface area contributed by atoms with Crippen molar-refractivity contribution >= 4 is 29.7 Å². The number of rotatable bonds is 16. The number of Topliss-reactive ketones (excluding diaryl/α,β-unsaturated/α-hetero) is 1. The molecule has 0 radical (unpaired) electrons. The Kier molecular flexibility index (Phi) is 13.6. The Bertz CT molecular complexity index is 590. The van der Waals surface area contributed by atoms with Crippen molar-refractivity contribution in [3.8, 4) is 0 Å². The summed E-state index contributed by atoms with van der Waals surface area (Å²) < 4.78 is 0. The number of carbonyl (C=O) groups is 4. The summed E-state index contributed by atoms with van der Waals surface area (Å²) in [5, 5.41) is 10.9. The van der Waals surface area contributed by atoms with E-state index in [1.165, 1.54) is 6.92 Å². The molecule has 0 rings (SSSR count). The number of hydrogen-bond donors (Lipinski definition) is 4. The third-order valence-corrected chi connectivity index (χ3v) is 4.77. The first-order chi connectivity index (χ1) is 14.0. The largest absolute Gasteiger partial charge is 0.347 e. The maximum absolute atomic E-state index is 12.9. The van der Waals surface area contributed by atoms with E-state index >= 15 is 0 Å². The fourth-order valence-corrected chi connectivity index (χ4v) is 3.39. The molecule has 2 amide bonds. The second-order valence-corrected chi connectivity index (χ2v) is 8.95. The summed E-state index contributed by atoms with van der Waals surface area (Å²) in [7, 11) is 0. The number of amidine groups is 1. The van der Waals surface area contributed by atoms with E-state index in [9.17, 15) is 19.2 Å². The molecule has 0 aliphatic carbocycles. The van der Waals surface area contributed by atoms with Gasteiger partial charge < -0.3 is 15.4 Å². The second kappa shape index (κ2) is 14.7. The van der Waals surface area contributed by atoms with Crippen LogP contribution < -0.4 is 21.8 Å². The Morgan fingerprint density at radius 2 is 1.60 bits per heavy atom. The number of amides is 2. The van der Waals surface area contributed by atoms with Crippen LogP contribution in [0.15, 0.2) is 0 Å². The van der Waals surface area contributed by atoms with Gasteiger partial charge in [-0.15, -0.1) is 0 Å². The van der Waals surface area contributed by atoms with E-state index in [0.717, 1.165) is 12.7 Å². The van der Waals surface area contributed by atoms with Gasteiger partial charge in [-0.25, -0.2) is 0 Å². The van der Waals surface area contributed by atoms with E-state index in [4.69, 9.17) is 11.1 Å². The van der Waals surface area contributed by atoms with E-state index in [2.05, 4.69) is 10.6 Å². The molecule has 30 heavy (non-hydrogen) atoms. The van der Waals surface area contributed by atoms with Gasteiger partial charge in [-0.1, -0.05) is 34.1 Å². The van der Waals surface area contributed by atoms with Gasteiger partial charge >= 0.3 is 0 Å². The molecule has 8 heteroatoms. The van der Waals surface area contributed by atoms with E-state index in [1.807, 2.05) is 27.7 Å². The van der Waals surface area contributed by atoms with Crippen LogP contribution in [0.5, 0.6) is 0 Å². The lowest BCUT2D eigenvalue weighted by Crippen LogP contribution is -2.45. The monoisotopic (exact) mass is 425 g/mol. The molecule has 0 saturated carbocycles. The van der Waals surface area contributed by atoms with Crippen molar-refractivity contribution in [1.29, 1.82) is 0 Å². The van der Waals surface area contributed by atoms with Crippen LogP contribution >= 0.6 is 0 Å². The SMILES string of the molecule is CC(=O)N[C@@H](CC(C)C)C(=O)C[C@@H](CC(C)C)C(=O)N[C@H](C=O)CCCCC(N)=[NH2+]. The lowest BCUT2D eigenvalue weighted by atomic mass is 9.87. The fraction of sp³-hybridized carbons (Fsp3) is 0.773. The van der Waals surface area contributed by atoms with Gasteiger partial charge in [-0.05, 0) is 37.5 Å². The first kappa shape index (κ1) is 27.8. The van der Waals surface area contributed by atoms with Crippen LogP contribution in [0.2, 0.25) is 0 Å². The Morgan fingerprint density at radius 1 is 1.00 bits per heavy atom. The number of hydrogen-bond acceptors (Lipinski definition) is 4. The van der Waals surface area contributed by atoms with Gasteiger partial charge in [0.25, 0.3) is 0 Å². The Balaban J connectivity index is 5.06. The molecule has 0 aliphatic rings. The highest BCUT2D eigenvalue weighted by Gasteiger charge is 2.29. The molecule has 0 saturated heterocycles.